The maximum atomic E-state index is 12.4. The summed E-state index contributed by atoms with van der Waals surface area (Å²) < 4.78 is 55.9. The third-order valence-corrected chi connectivity index (χ3v) is 4.44. The van der Waals surface area contributed by atoms with Gasteiger partial charge in [-0.2, -0.15) is 0 Å². The molecular formula is C15H13F3N2O3S. The average Bonchev–Trinajstić information content (AvgIpc) is 2.48. The van der Waals surface area contributed by atoms with Crippen molar-refractivity contribution in [2.45, 2.75) is 11.3 Å². The fourth-order valence-corrected chi connectivity index (χ4v) is 2.90. The zero-order valence-corrected chi connectivity index (χ0v) is 13.2. The molecule has 0 aliphatic heterocycles. The molecule has 2 aromatic carbocycles. The minimum Gasteiger partial charge on any atom is -0.406 e. The molecule has 2 aromatic rings. The van der Waals surface area contributed by atoms with Crippen LogP contribution in [-0.4, -0.2) is 22.9 Å². The smallest absolute Gasteiger partial charge is 0.406 e. The summed E-state index contributed by atoms with van der Waals surface area (Å²) in [6, 6.07) is 11.9. The minimum absolute atomic E-state index is 0.196. The van der Waals surface area contributed by atoms with Gasteiger partial charge < -0.3 is 10.1 Å². The average molecular weight is 358 g/mol. The molecule has 128 valence electrons. The molecule has 0 saturated carbocycles. The zero-order valence-electron chi connectivity index (χ0n) is 12.4. The zero-order chi connectivity index (χ0) is 17.8. The van der Waals surface area contributed by atoms with Gasteiger partial charge in [0.25, 0.3) is 0 Å². The number of nitrogens with zero attached hydrogens (tertiary/aromatic N) is 1. The summed E-state index contributed by atoms with van der Waals surface area (Å²) in [6.07, 6.45) is -3.47. The van der Waals surface area contributed by atoms with Crippen LogP contribution in [0.15, 0.2) is 63.9 Å². The highest BCUT2D eigenvalue weighted by Gasteiger charge is 2.30. The maximum Gasteiger partial charge on any atom is 0.573 e. The molecule has 1 unspecified atom stereocenters. The van der Waals surface area contributed by atoms with Gasteiger partial charge in [-0.05, 0) is 36.4 Å². The number of alkyl halides is 3. The second kappa shape index (κ2) is 6.91. The maximum absolute atomic E-state index is 12.4. The first-order chi connectivity index (χ1) is 11.2. The number of carbonyl (C=O) groups excluding carboxylic acids is 1. The summed E-state index contributed by atoms with van der Waals surface area (Å²) >= 11 is 0. The third-order valence-electron chi connectivity index (χ3n) is 2.78. The summed E-state index contributed by atoms with van der Waals surface area (Å²) in [4.78, 5) is 12.2. The Morgan fingerprint density at radius 3 is 2.21 bits per heavy atom. The van der Waals surface area contributed by atoms with Crippen LogP contribution >= 0.6 is 0 Å². The van der Waals surface area contributed by atoms with Gasteiger partial charge in [-0.1, -0.05) is 18.2 Å². The van der Waals surface area contributed by atoms with E-state index in [0.717, 1.165) is 12.1 Å². The van der Waals surface area contributed by atoms with Crippen LogP contribution in [0.4, 0.5) is 23.7 Å². The molecule has 0 fully saturated rings. The molecule has 2 rings (SSSR count). The van der Waals surface area contributed by atoms with Crippen LogP contribution in [0.25, 0.3) is 0 Å². The molecule has 0 spiro atoms. The van der Waals surface area contributed by atoms with Gasteiger partial charge in [-0.25, -0.2) is 9.00 Å². The van der Waals surface area contributed by atoms with E-state index in [0.29, 0.717) is 4.90 Å². The van der Waals surface area contributed by atoms with Gasteiger partial charge in [0.15, 0.2) is 0 Å². The lowest BCUT2D eigenvalue weighted by Gasteiger charge is -2.09. The van der Waals surface area contributed by atoms with Gasteiger partial charge in [-0.15, -0.1) is 17.5 Å². The molecule has 0 saturated heterocycles. The molecular weight excluding hydrogens is 345 g/mol. The van der Waals surface area contributed by atoms with E-state index in [1.54, 1.807) is 30.3 Å². The number of rotatable bonds is 3. The quantitative estimate of drug-likeness (QED) is 0.891. The summed E-state index contributed by atoms with van der Waals surface area (Å²) in [5.41, 5.74) is 0.196. The normalized spacial score (nSPS) is 13.7. The largest absolute Gasteiger partial charge is 0.573 e. The van der Waals surface area contributed by atoms with Gasteiger partial charge in [0.05, 0.1) is 9.73 Å². The Balaban J connectivity index is 2.10. The van der Waals surface area contributed by atoms with Crippen molar-refractivity contribution in [1.82, 2.24) is 0 Å². The van der Waals surface area contributed by atoms with Crippen LogP contribution < -0.4 is 10.1 Å². The van der Waals surface area contributed by atoms with Crippen molar-refractivity contribution in [2.24, 2.45) is 4.36 Å². The van der Waals surface area contributed by atoms with Gasteiger partial charge >= 0.3 is 12.4 Å². The van der Waals surface area contributed by atoms with E-state index in [9.17, 15) is 22.2 Å². The number of ether oxygens (including phenoxy) is 1. The Labute approximate surface area is 136 Å². The monoisotopic (exact) mass is 358 g/mol. The minimum atomic E-state index is -4.79. The molecule has 1 N–H and O–H groups in total. The number of nitrogens with one attached hydrogen (secondary N) is 1. The lowest BCUT2D eigenvalue weighted by atomic mass is 10.3. The molecule has 0 aliphatic carbocycles. The van der Waals surface area contributed by atoms with E-state index in [4.69, 9.17) is 0 Å². The predicted molar refractivity (Wildman–Crippen MR) is 83.3 cm³/mol. The third kappa shape index (κ3) is 5.27. The van der Waals surface area contributed by atoms with Crippen LogP contribution in [0.3, 0.4) is 0 Å². The first kappa shape index (κ1) is 17.8. The summed E-state index contributed by atoms with van der Waals surface area (Å²) in [6.45, 7) is 0. The predicted octanol–water partition coefficient (Wildman–Crippen LogP) is 4.27. The number of halogens is 3. The van der Waals surface area contributed by atoms with Crippen molar-refractivity contribution in [3.8, 4) is 5.75 Å². The Bertz CT molecular complexity index is 827. The highest BCUT2D eigenvalue weighted by atomic mass is 32.2. The molecule has 0 heterocycles. The van der Waals surface area contributed by atoms with Gasteiger partial charge in [0.1, 0.15) is 5.75 Å². The molecule has 0 aromatic heterocycles. The fraction of sp³-hybridized carbons (Fsp3) is 0.133. The highest BCUT2D eigenvalue weighted by Crippen LogP contribution is 2.24. The number of amides is 2. The molecule has 2 amide bonds. The van der Waals surface area contributed by atoms with Crippen molar-refractivity contribution in [3.63, 3.8) is 0 Å². The second-order valence-electron chi connectivity index (χ2n) is 4.71. The molecule has 24 heavy (non-hydrogen) atoms. The number of benzene rings is 2. The summed E-state index contributed by atoms with van der Waals surface area (Å²) in [5.74, 6) is -0.416. The lowest BCUT2D eigenvalue weighted by Crippen LogP contribution is -2.17. The number of hydrogen-bond donors (Lipinski definition) is 1. The Hall–Kier alpha value is -2.55. The first-order valence-electron chi connectivity index (χ1n) is 6.60. The number of anilines is 1. The van der Waals surface area contributed by atoms with Crippen molar-refractivity contribution >= 4 is 21.4 Å². The summed E-state index contributed by atoms with van der Waals surface area (Å²) in [7, 11) is -2.92. The van der Waals surface area contributed by atoms with E-state index in [1.807, 2.05) is 0 Å². The van der Waals surface area contributed by atoms with Gasteiger partial charge in [0, 0.05) is 16.8 Å². The van der Waals surface area contributed by atoms with Gasteiger partial charge in [0.2, 0.25) is 0 Å². The van der Waals surface area contributed by atoms with Crippen LogP contribution in [0.1, 0.15) is 0 Å². The Kier molecular flexibility index (Phi) is 5.13. The van der Waals surface area contributed by atoms with Crippen molar-refractivity contribution in [1.29, 1.82) is 0 Å². The Morgan fingerprint density at radius 2 is 1.67 bits per heavy atom. The number of urea groups is 1. The number of hydrogen-bond acceptors (Lipinski definition) is 3. The first-order valence-corrected chi connectivity index (χ1v) is 8.52. The molecule has 9 heteroatoms. The van der Waals surface area contributed by atoms with E-state index in [1.165, 1.54) is 18.4 Å². The van der Waals surface area contributed by atoms with Crippen LogP contribution in [0.2, 0.25) is 0 Å². The van der Waals surface area contributed by atoms with E-state index in [2.05, 4.69) is 14.4 Å². The van der Waals surface area contributed by atoms with Crippen LogP contribution in [-0.2, 0) is 9.73 Å². The Morgan fingerprint density at radius 1 is 1.08 bits per heavy atom. The standard InChI is InChI=1S/C15H13F3N2O3S/c1-24(22,13-5-3-2-4-6-13)20-14(21)19-11-7-9-12(10-8-11)23-15(16,17)18/h2-10H,1H3,(H,19,21). The molecule has 0 bridgehead atoms. The molecule has 1 atom stereocenters. The summed E-state index contributed by atoms with van der Waals surface area (Å²) in [5, 5.41) is 2.34. The molecule has 0 aliphatic rings. The topological polar surface area (TPSA) is 67.8 Å². The van der Waals surface area contributed by atoms with Crippen LogP contribution in [0, 0.1) is 0 Å². The van der Waals surface area contributed by atoms with E-state index in [-0.39, 0.29) is 5.69 Å². The molecule has 0 radical (unpaired) electrons. The van der Waals surface area contributed by atoms with Gasteiger partial charge in [-0.3, -0.25) is 0 Å². The SMILES string of the molecule is CS(=O)(=NC(=O)Nc1ccc(OC(F)(F)F)cc1)c1ccccc1. The van der Waals surface area contributed by atoms with E-state index < -0.39 is 27.9 Å². The van der Waals surface area contributed by atoms with Crippen molar-refractivity contribution < 1.29 is 26.9 Å². The van der Waals surface area contributed by atoms with Crippen LogP contribution in [0.5, 0.6) is 5.75 Å². The second-order valence-corrected chi connectivity index (χ2v) is 6.97. The van der Waals surface area contributed by atoms with Crippen molar-refractivity contribution in [2.75, 3.05) is 11.6 Å². The fourth-order valence-electron chi connectivity index (χ4n) is 1.77. The molecule has 5 nitrogen and oxygen atoms in total. The lowest BCUT2D eigenvalue weighted by molar-refractivity contribution is -0.274. The van der Waals surface area contributed by atoms with Crippen molar-refractivity contribution in [3.05, 3.63) is 54.6 Å². The highest BCUT2D eigenvalue weighted by molar-refractivity contribution is 7.93. The van der Waals surface area contributed by atoms with E-state index >= 15 is 0 Å². The number of carbonyl (C=O) groups is 1.